The van der Waals surface area contributed by atoms with Crippen molar-refractivity contribution < 1.29 is 4.74 Å². The molecule has 3 rings (SSSR count). The molecule has 6 heteroatoms. The van der Waals surface area contributed by atoms with Gasteiger partial charge >= 0.3 is 0 Å². The fourth-order valence-electron chi connectivity index (χ4n) is 2.08. The Hall–Kier alpha value is -2.08. The van der Waals surface area contributed by atoms with Gasteiger partial charge in [0.05, 0.1) is 19.2 Å². The number of thiazole rings is 1. The van der Waals surface area contributed by atoms with Crippen molar-refractivity contribution in [2.24, 2.45) is 0 Å². The van der Waals surface area contributed by atoms with Crippen LogP contribution in [0.1, 0.15) is 10.7 Å². The van der Waals surface area contributed by atoms with Crippen LogP contribution in [0.25, 0.3) is 11.0 Å². The second-order valence-corrected chi connectivity index (χ2v) is 5.21. The smallest absolute Gasteiger partial charge is 0.201 e. The van der Waals surface area contributed by atoms with E-state index in [-0.39, 0.29) is 0 Å². The SMILES string of the molecule is COc1cccc2c1nc(N)n2Cc1nc(C)cs1. The van der Waals surface area contributed by atoms with Gasteiger partial charge in [-0.1, -0.05) is 6.07 Å². The third-order valence-electron chi connectivity index (χ3n) is 2.95. The van der Waals surface area contributed by atoms with Gasteiger partial charge in [0, 0.05) is 11.1 Å². The molecule has 0 aliphatic heterocycles. The Morgan fingerprint density at radius 1 is 1.37 bits per heavy atom. The van der Waals surface area contributed by atoms with E-state index in [2.05, 4.69) is 9.97 Å². The number of aryl methyl sites for hydroxylation is 1. The highest BCUT2D eigenvalue weighted by Crippen LogP contribution is 2.27. The molecule has 0 amide bonds. The maximum atomic E-state index is 6.00. The van der Waals surface area contributed by atoms with Crippen LogP contribution in [0.15, 0.2) is 23.6 Å². The minimum atomic E-state index is 0.479. The summed E-state index contributed by atoms with van der Waals surface area (Å²) < 4.78 is 7.26. The molecule has 5 nitrogen and oxygen atoms in total. The van der Waals surface area contributed by atoms with E-state index >= 15 is 0 Å². The van der Waals surface area contributed by atoms with Crippen LogP contribution in [0.4, 0.5) is 5.95 Å². The number of benzene rings is 1. The van der Waals surface area contributed by atoms with E-state index in [1.807, 2.05) is 35.1 Å². The number of fused-ring (bicyclic) bond motifs is 1. The lowest BCUT2D eigenvalue weighted by atomic mass is 10.3. The molecular formula is C13H14N4OS. The summed E-state index contributed by atoms with van der Waals surface area (Å²) in [5, 5.41) is 3.05. The van der Waals surface area contributed by atoms with Crippen molar-refractivity contribution in [3.8, 4) is 5.75 Å². The summed E-state index contributed by atoms with van der Waals surface area (Å²) in [4.78, 5) is 8.84. The summed E-state index contributed by atoms with van der Waals surface area (Å²) in [5.74, 6) is 1.21. The predicted octanol–water partition coefficient (Wildman–Crippen LogP) is 2.44. The van der Waals surface area contributed by atoms with Crippen molar-refractivity contribution in [2.45, 2.75) is 13.5 Å². The number of para-hydroxylation sites is 1. The van der Waals surface area contributed by atoms with E-state index in [9.17, 15) is 0 Å². The number of nitrogens with zero attached hydrogens (tertiary/aromatic N) is 3. The van der Waals surface area contributed by atoms with Crippen LogP contribution in [0, 0.1) is 6.92 Å². The maximum absolute atomic E-state index is 6.00. The van der Waals surface area contributed by atoms with Gasteiger partial charge in [0.2, 0.25) is 5.95 Å². The number of methoxy groups -OCH3 is 1. The fourth-order valence-corrected chi connectivity index (χ4v) is 2.84. The van der Waals surface area contributed by atoms with Crippen LogP contribution in [0.3, 0.4) is 0 Å². The number of ether oxygens (including phenoxy) is 1. The van der Waals surface area contributed by atoms with E-state index in [0.29, 0.717) is 12.5 Å². The zero-order chi connectivity index (χ0) is 13.4. The molecule has 2 aromatic heterocycles. The van der Waals surface area contributed by atoms with Gasteiger partial charge in [-0.05, 0) is 19.1 Å². The van der Waals surface area contributed by atoms with Gasteiger partial charge in [-0.25, -0.2) is 9.97 Å². The van der Waals surface area contributed by atoms with Crippen molar-refractivity contribution in [2.75, 3.05) is 12.8 Å². The number of nitrogen functional groups attached to an aromatic ring is 1. The van der Waals surface area contributed by atoms with Crippen LogP contribution in [-0.4, -0.2) is 21.6 Å². The molecule has 0 aliphatic rings. The summed E-state index contributed by atoms with van der Waals surface area (Å²) in [5.41, 5.74) is 8.78. The Balaban J connectivity index is 2.10. The zero-order valence-electron chi connectivity index (χ0n) is 10.8. The van der Waals surface area contributed by atoms with Crippen molar-refractivity contribution >= 4 is 28.3 Å². The summed E-state index contributed by atoms with van der Waals surface area (Å²) >= 11 is 1.63. The van der Waals surface area contributed by atoms with Gasteiger partial charge < -0.3 is 15.0 Å². The highest BCUT2D eigenvalue weighted by atomic mass is 32.1. The number of hydrogen-bond acceptors (Lipinski definition) is 5. The molecule has 0 saturated carbocycles. The second-order valence-electron chi connectivity index (χ2n) is 4.27. The van der Waals surface area contributed by atoms with Crippen molar-refractivity contribution in [1.29, 1.82) is 0 Å². The molecule has 0 radical (unpaired) electrons. The normalized spacial score (nSPS) is 11.1. The number of nitrogens with two attached hydrogens (primary N) is 1. The van der Waals surface area contributed by atoms with E-state index in [0.717, 1.165) is 27.5 Å². The van der Waals surface area contributed by atoms with Crippen molar-refractivity contribution in [1.82, 2.24) is 14.5 Å². The van der Waals surface area contributed by atoms with Crippen molar-refractivity contribution in [3.05, 3.63) is 34.3 Å². The van der Waals surface area contributed by atoms with E-state index in [4.69, 9.17) is 10.5 Å². The topological polar surface area (TPSA) is 66.0 Å². The van der Waals surface area contributed by atoms with Gasteiger partial charge in [0.1, 0.15) is 16.3 Å². The number of hydrogen-bond donors (Lipinski definition) is 1. The third-order valence-corrected chi connectivity index (χ3v) is 3.90. The van der Waals surface area contributed by atoms with Crippen LogP contribution < -0.4 is 10.5 Å². The highest BCUT2D eigenvalue weighted by Gasteiger charge is 2.13. The molecule has 1 aromatic carbocycles. The van der Waals surface area contributed by atoms with Gasteiger partial charge in [-0.3, -0.25) is 0 Å². The number of aromatic nitrogens is 3. The van der Waals surface area contributed by atoms with E-state index in [1.165, 1.54) is 0 Å². The Bertz CT molecular complexity index is 731. The molecule has 0 unspecified atom stereocenters. The third kappa shape index (κ3) is 2.04. The minimum Gasteiger partial charge on any atom is -0.494 e. The zero-order valence-corrected chi connectivity index (χ0v) is 11.6. The molecule has 0 saturated heterocycles. The number of rotatable bonds is 3. The van der Waals surface area contributed by atoms with Crippen molar-refractivity contribution in [3.63, 3.8) is 0 Å². The van der Waals surface area contributed by atoms with Gasteiger partial charge in [0.25, 0.3) is 0 Å². The van der Waals surface area contributed by atoms with Crippen LogP contribution in [0.5, 0.6) is 5.75 Å². The van der Waals surface area contributed by atoms with Crippen LogP contribution >= 0.6 is 11.3 Å². The lowest BCUT2D eigenvalue weighted by Gasteiger charge is -2.04. The van der Waals surface area contributed by atoms with Crippen LogP contribution in [-0.2, 0) is 6.54 Å². The lowest BCUT2D eigenvalue weighted by Crippen LogP contribution is -2.04. The Kier molecular flexibility index (Phi) is 2.87. The molecule has 0 spiro atoms. The predicted molar refractivity (Wildman–Crippen MR) is 76.7 cm³/mol. The largest absolute Gasteiger partial charge is 0.494 e. The highest BCUT2D eigenvalue weighted by molar-refractivity contribution is 7.09. The Labute approximate surface area is 114 Å². The first-order valence-corrected chi connectivity index (χ1v) is 6.76. The van der Waals surface area contributed by atoms with Crippen LogP contribution in [0.2, 0.25) is 0 Å². The fraction of sp³-hybridized carbons (Fsp3) is 0.231. The molecule has 0 bridgehead atoms. The standard InChI is InChI=1S/C13H14N4OS/c1-8-7-19-11(15-8)6-17-9-4-3-5-10(18-2)12(9)16-13(17)14/h3-5,7H,6H2,1-2H3,(H2,14,16). The monoisotopic (exact) mass is 274 g/mol. The molecule has 3 aromatic rings. The summed E-state index contributed by atoms with van der Waals surface area (Å²) in [7, 11) is 1.63. The first-order chi connectivity index (χ1) is 9.19. The molecule has 98 valence electrons. The molecule has 19 heavy (non-hydrogen) atoms. The minimum absolute atomic E-state index is 0.479. The molecule has 0 atom stereocenters. The molecular weight excluding hydrogens is 260 g/mol. The molecule has 0 fully saturated rings. The van der Waals surface area contributed by atoms with E-state index in [1.54, 1.807) is 18.4 Å². The average Bonchev–Trinajstić information content (AvgIpc) is 2.94. The lowest BCUT2D eigenvalue weighted by molar-refractivity contribution is 0.419. The molecule has 0 aliphatic carbocycles. The van der Waals surface area contributed by atoms with E-state index < -0.39 is 0 Å². The summed E-state index contributed by atoms with van der Waals surface area (Å²) in [6.45, 7) is 2.62. The first kappa shape index (κ1) is 12.0. The Morgan fingerprint density at radius 3 is 2.89 bits per heavy atom. The number of imidazole rings is 1. The first-order valence-electron chi connectivity index (χ1n) is 5.88. The van der Waals surface area contributed by atoms with Gasteiger partial charge in [0.15, 0.2) is 0 Å². The van der Waals surface area contributed by atoms with Gasteiger partial charge in [-0.15, -0.1) is 11.3 Å². The molecule has 2 N–H and O–H groups in total. The average molecular weight is 274 g/mol. The molecule has 2 heterocycles. The summed E-state index contributed by atoms with van der Waals surface area (Å²) in [6.07, 6.45) is 0. The van der Waals surface area contributed by atoms with Gasteiger partial charge in [-0.2, -0.15) is 0 Å². The second kappa shape index (κ2) is 4.55. The quantitative estimate of drug-likeness (QED) is 0.796. The Morgan fingerprint density at radius 2 is 2.21 bits per heavy atom. The number of anilines is 1. The maximum Gasteiger partial charge on any atom is 0.201 e. The summed E-state index contributed by atoms with van der Waals surface area (Å²) in [6, 6.07) is 5.81.